The lowest BCUT2D eigenvalue weighted by Gasteiger charge is -2.05. The largest absolute Gasteiger partial charge is 0.497 e. The van der Waals surface area contributed by atoms with Crippen LogP contribution in [-0.4, -0.2) is 7.11 Å². The number of methoxy groups -OCH3 is 1. The molecule has 0 atom stereocenters. The van der Waals surface area contributed by atoms with Crippen molar-refractivity contribution >= 4 is 22.9 Å². The van der Waals surface area contributed by atoms with Crippen molar-refractivity contribution in [2.45, 2.75) is 13.1 Å². The Morgan fingerprint density at radius 3 is 2.53 bits per heavy atom. The van der Waals surface area contributed by atoms with Crippen LogP contribution in [0.15, 0.2) is 35.7 Å². The Morgan fingerprint density at radius 2 is 1.94 bits per heavy atom. The van der Waals surface area contributed by atoms with Gasteiger partial charge in [0.2, 0.25) is 0 Å². The minimum Gasteiger partial charge on any atom is -0.497 e. The highest BCUT2D eigenvalue weighted by atomic mass is 35.5. The van der Waals surface area contributed by atoms with Gasteiger partial charge in [-0.15, -0.1) is 11.3 Å². The van der Waals surface area contributed by atoms with Crippen LogP contribution < -0.4 is 10.1 Å². The zero-order chi connectivity index (χ0) is 12.1. The van der Waals surface area contributed by atoms with Gasteiger partial charge in [0.05, 0.1) is 12.1 Å². The SMILES string of the molecule is COc1ccc(CNCc2sccc2Cl)cc1. The zero-order valence-electron chi connectivity index (χ0n) is 9.57. The summed E-state index contributed by atoms with van der Waals surface area (Å²) in [6.07, 6.45) is 0. The van der Waals surface area contributed by atoms with Gasteiger partial charge >= 0.3 is 0 Å². The van der Waals surface area contributed by atoms with E-state index in [1.54, 1.807) is 18.4 Å². The van der Waals surface area contributed by atoms with E-state index < -0.39 is 0 Å². The van der Waals surface area contributed by atoms with Crippen LogP contribution >= 0.6 is 22.9 Å². The van der Waals surface area contributed by atoms with Crippen LogP contribution in [0, 0.1) is 0 Å². The van der Waals surface area contributed by atoms with Gasteiger partial charge in [-0.2, -0.15) is 0 Å². The Labute approximate surface area is 110 Å². The summed E-state index contributed by atoms with van der Waals surface area (Å²) in [6, 6.07) is 9.98. The summed E-state index contributed by atoms with van der Waals surface area (Å²) in [5.74, 6) is 0.884. The third kappa shape index (κ3) is 3.46. The van der Waals surface area contributed by atoms with E-state index in [-0.39, 0.29) is 0 Å². The van der Waals surface area contributed by atoms with Crippen molar-refractivity contribution in [1.82, 2.24) is 5.32 Å². The molecule has 0 saturated heterocycles. The van der Waals surface area contributed by atoms with E-state index in [0.717, 1.165) is 23.9 Å². The molecule has 0 aliphatic carbocycles. The molecule has 0 unspecified atom stereocenters. The quantitative estimate of drug-likeness (QED) is 0.892. The molecule has 2 rings (SSSR count). The van der Waals surface area contributed by atoms with Crippen molar-refractivity contribution < 1.29 is 4.74 Å². The third-order valence-corrected chi connectivity index (χ3v) is 3.85. The van der Waals surface area contributed by atoms with E-state index in [4.69, 9.17) is 16.3 Å². The first-order valence-corrected chi connectivity index (χ1v) is 6.61. The molecule has 1 aromatic heterocycles. The fourth-order valence-corrected chi connectivity index (χ4v) is 2.59. The molecule has 90 valence electrons. The van der Waals surface area contributed by atoms with Crippen LogP contribution in [0.4, 0.5) is 0 Å². The molecule has 0 saturated carbocycles. The third-order valence-electron chi connectivity index (χ3n) is 2.46. The number of hydrogen-bond donors (Lipinski definition) is 1. The molecule has 0 aliphatic heterocycles. The van der Waals surface area contributed by atoms with E-state index in [1.807, 2.05) is 23.6 Å². The molecule has 0 spiro atoms. The number of nitrogens with one attached hydrogen (secondary N) is 1. The van der Waals surface area contributed by atoms with Crippen LogP contribution in [0.1, 0.15) is 10.4 Å². The maximum Gasteiger partial charge on any atom is 0.118 e. The Hall–Kier alpha value is -1.03. The second-order valence-electron chi connectivity index (χ2n) is 3.64. The monoisotopic (exact) mass is 267 g/mol. The predicted molar refractivity (Wildman–Crippen MR) is 72.9 cm³/mol. The van der Waals surface area contributed by atoms with Crippen molar-refractivity contribution in [3.63, 3.8) is 0 Å². The molecule has 1 aromatic carbocycles. The number of ether oxygens (including phenoxy) is 1. The average molecular weight is 268 g/mol. The maximum atomic E-state index is 6.02. The number of halogens is 1. The first kappa shape index (κ1) is 12.4. The molecule has 0 aliphatic rings. The molecule has 2 nitrogen and oxygen atoms in total. The van der Waals surface area contributed by atoms with Crippen molar-refractivity contribution in [3.05, 3.63) is 51.2 Å². The van der Waals surface area contributed by atoms with Crippen LogP contribution in [0.25, 0.3) is 0 Å². The molecule has 2 aromatic rings. The van der Waals surface area contributed by atoms with Gasteiger partial charge in [0, 0.05) is 18.0 Å². The zero-order valence-corrected chi connectivity index (χ0v) is 11.1. The predicted octanol–water partition coefficient (Wildman–Crippen LogP) is 3.70. The summed E-state index contributed by atoms with van der Waals surface area (Å²) in [5.41, 5.74) is 1.23. The second-order valence-corrected chi connectivity index (χ2v) is 5.05. The van der Waals surface area contributed by atoms with Gasteiger partial charge in [-0.05, 0) is 29.1 Å². The van der Waals surface area contributed by atoms with E-state index >= 15 is 0 Å². The van der Waals surface area contributed by atoms with Gasteiger partial charge in [0.25, 0.3) is 0 Å². The van der Waals surface area contributed by atoms with Gasteiger partial charge in [0.1, 0.15) is 5.75 Å². The van der Waals surface area contributed by atoms with Crippen molar-refractivity contribution in [1.29, 1.82) is 0 Å². The lowest BCUT2D eigenvalue weighted by molar-refractivity contribution is 0.414. The van der Waals surface area contributed by atoms with Crippen molar-refractivity contribution in [2.24, 2.45) is 0 Å². The van der Waals surface area contributed by atoms with Crippen LogP contribution in [0.5, 0.6) is 5.75 Å². The molecular weight excluding hydrogens is 254 g/mol. The number of benzene rings is 1. The van der Waals surface area contributed by atoms with E-state index in [1.165, 1.54) is 10.4 Å². The summed E-state index contributed by atoms with van der Waals surface area (Å²) in [4.78, 5) is 1.18. The van der Waals surface area contributed by atoms with Crippen LogP contribution in [-0.2, 0) is 13.1 Å². The number of hydrogen-bond acceptors (Lipinski definition) is 3. The van der Waals surface area contributed by atoms with Gasteiger partial charge in [-0.3, -0.25) is 0 Å². The highest BCUT2D eigenvalue weighted by Gasteiger charge is 2.01. The highest BCUT2D eigenvalue weighted by molar-refractivity contribution is 7.10. The molecule has 1 heterocycles. The summed E-state index contributed by atoms with van der Waals surface area (Å²) in [5, 5.41) is 6.22. The standard InChI is InChI=1S/C13H14ClNOS/c1-16-11-4-2-10(3-5-11)8-15-9-13-12(14)6-7-17-13/h2-7,15H,8-9H2,1H3. The summed E-state index contributed by atoms with van der Waals surface area (Å²) >= 11 is 7.69. The first-order valence-electron chi connectivity index (χ1n) is 5.35. The Kier molecular flexibility index (Phi) is 4.42. The fourth-order valence-electron chi connectivity index (χ4n) is 1.51. The maximum absolute atomic E-state index is 6.02. The molecule has 0 radical (unpaired) electrons. The first-order chi connectivity index (χ1) is 8.29. The summed E-state index contributed by atoms with van der Waals surface area (Å²) < 4.78 is 5.11. The Balaban J connectivity index is 1.83. The molecule has 17 heavy (non-hydrogen) atoms. The fraction of sp³-hybridized carbons (Fsp3) is 0.231. The molecule has 4 heteroatoms. The summed E-state index contributed by atoms with van der Waals surface area (Å²) in [7, 11) is 1.67. The summed E-state index contributed by atoms with van der Waals surface area (Å²) in [6.45, 7) is 1.64. The van der Waals surface area contributed by atoms with Gasteiger partial charge in [0.15, 0.2) is 0 Å². The molecule has 0 bridgehead atoms. The topological polar surface area (TPSA) is 21.3 Å². The molecule has 0 fully saturated rings. The highest BCUT2D eigenvalue weighted by Crippen LogP contribution is 2.21. The average Bonchev–Trinajstić information content (AvgIpc) is 2.76. The van der Waals surface area contributed by atoms with E-state index in [9.17, 15) is 0 Å². The van der Waals surface area contributed by atoms with Gasteiger partial charge in [-0.1, -0.05) is 23.7 Å². The van der Waals surface area contributed by atoms with Gasteiger partial charge < -0.3 is 10.1 Å². The lowest BCUT2D eigenvalue weighted by atomic mass is 10.2. The number of rotatable bonds is 5. The normalized spacial score (nSPS) is 10.5. The molecular formula is C13H14ClNOS. The van der Waals surface area contributed by atoms with Crippen LogP contribution in [0.3, 0.4) is 0 Å². The molecule has 0 amide bonds. The van der Waals surface area contributed by atoms with Gasteiger partial charge in [-0.25, -0.2) is 0 Å². The van der Waals surface area contributed by atoms with Crippen LogP contribution in [0.2, 0.25) is 5.02 Å². The second kappa shape index (κ2) is 6.05. The molecule has 1 N–H and O–H groups in total. The minimum absolute atomic E-state index is 0.808. The van der Waals surface area contributed by atoms with E-state index in [2.05, 4.69) is 17.4 Å². The minimum atomic E-state index is 0.808. The lowest BCUT2D eigenvalue weighted by Crippen LogP contribution is -2.11. The van der Waals surface area contributed by atoms with E-state index in [0.29, 0.717) is 0 Å². The number of thiophene rings is 1. The Bertz CT molecular complexity index is 467. The van der Waals surface area contributed by atoms with Crippen molar-refractivity contribution in [2.75, 3.05) is 7.11 Å². The Morgan fingerprint density at radius 1 is 1.18 bits per heavy atom. The van der Waals surface area contributed by atoms with Crippen molar-refractivity contribution in [3.8, 4) is 5.75 Å². The smallest absolute Gasteiger partial charge is 0.118 e.